The van der Waals surface area contributed by atoms with Crippen LogP contribution in [-0.4, -0.2) is 79.4 Å². The molecule has 0 unspecified atom stereocenters. The molecule has 0 spiro atoms. The Morgan fingerprint density at radius 3 is 2.52 bits per heavy atom. The van der Waals surface area contributed by atoms with Gasteiger partial charge in [-0.2, -0.15) is 31.4 Å². The molecule has 1 aliphatic heterocycles. The highest BCUT2D eigenvalue weighted by molar-refractivity contribution is 5.93. The predicted octanol–water partition coefficient (Wildman–Crippen LogP) is 4.44. The Balaban J connectivity index is 1.44. The molecule has 2 fully saturated rings. The topological polar surface area (TPSA) is 140 Å². The number of amides is 3. The highest BCUT2D eigenvalue weighted by Gasteiger charge is 2.49. The first-order chi connectivity index (χ1) is 20.5. The molecular weight excluding hydrogens is 602 g/mol. The van der Waals surface area contributed by atoms with E-state index in [-0.39, 0.29) is 48.3 Å². The Morgan fingerprint density at radius 2 is 1.93 bits per heavy atom. The number of nitrogens with one attached hydrogen (secondary N) is 2. The number of halogens is 6. The number of ether oxygens (including phenoxy) is 1. The van der Waals surface area contributed by atoms with Crippen LogP contribution in [0.4, 0.5) is 31.1 Å². The summed E-state index contributed by atoms with van der Waals surface area (Å²) in [6.07, 6.45) is -5.35. The Labute approximate surface area is 246 Å². The van der Waals surface area contributed by atoms with Crippen LogP contribution in [0.5, 0.6) is 0 Å². The fraction of sp³-hybridized carbons (Fsp3) is 0.615. The third-order valence-electron chi connectivity index (χ3n) is 7.82. The number of carbonyl (C=O) groups is 2. The number of aryl methyl sites for hydroxylation is 1. The number of carbonyl (C=O) groups excluding carboxylic acids is 2. The van der Waals surface area contributed by atoms with Crippen molar-refractivity contribution in [2.45, 2.75) is 83.0 Å². The zero-order valence-electron chi connectivity index (χ0n) is 23.9. The minimum Gasteiger partial charge on any atom is -0.376 e. The van der Waals surface area contributed by atoms with Crippen molar-refractivity contribution in [3.05, 3.63) is 41.1 Å². The number of rotatable bonds is 11. The Bertz CT molecular complexity index is 1520. The van der Waals surface area contributed by atoms with Crippen LogP contribution in [0, 0.1) is 12.3 Å². The molecule has 4 heterocycles. The van der Waals surface area contributed by atoms with Crippen LogP contribution < -0.4 is 10.6 Å². The van der Waals surface area contributed by atoms with E-state index in [1.54, 1.807) is 0 Å². The van der Waals surface area contributed by atoms with Gasteiger partial charge in [-0.15, -0.1) is 0 Å². The first-order valence-corrected chi connectivity index (χ1v) is 13.8. The first kappa shape index (κ1) is 31.5. The molecule has 5 rings (SSSR count). The van der Waals surface area contributed by atoms with Crippen molar-refractivity contribution in [2.24, 2.45) is 5.41 Å². The van der Waals surface area contributed by atoms with Crippen molar-refractivity contribution in [3.8, 4) is 0 Å². The highest BCUT2D eigenvalue weighted by Crippen LogP contribution is 2.42. The van der Waals surface area contributed by atoms with Crippen LogP contribution in [0.3, 0.4) is 0 Å². The van der Waals surface area contributed by atoms with Crippen LogP contribution in [0.25, 0.3) is 5.65 Å². The van der Waals surface area contributed by atoms with Crippen LogP contribution in [0.2, 0.25) is 0 Å². The third kappa shape index (κ3) is 6.73. The van der Waals surface area contributed by atoms with Gasteiger partial charge < -0.3 is 20.3 Å². The molecule has 12 nitrogen and oxygen atoms in total. The molecule has 1 saturated heterocycles. The van der Waals surface area contributed by atoms with E-state index in [4.69, 9.17) is 4.74 Å². The molecule has 3 aromatic rings. The summed E-state index contributed by atoms with van der Waals surface area (Å²) in [6.45, 7) is 2.87. The molecule has 0 aromatic carbocycles. The van der Waals surface area contributed by atoms with E-state index < -0.39 is 54.4 Å². The number of urea groups is 1. The smallest absolute Gasteiger partial charge is 0.376 e. The average Bonchev–Trinajstić information content (AvgIpc) is 3.29. The lowest BCUT2D eigenvalue weighted by Crippen LogP contribution is -2.40. The summed E-state index contributed by atoms with van der Waals surface area (Å²) >= 11 is 0. The molecule has 2 N–H and O–H groups in total. The van der Waals surface area contributed by atoms with E-state index in [1.165, 1.54) is 29.9 Å². The van der Waals surface area contributed by atoms with Crippen LogP contribution in [0.15, 0.2) is 23.1 Å². The van der Waals surface area contributed by atoms with E-state index in [0.717, 1.165) is 31.6 Å². The van der Waals surface area contributed by atoms with Crippen molar-refractivity contribution in [1.82, 2.24) is 40.4 Å². The maximum atomic E-state index is 13.6. The molecule has 0 radical (unpaired) electrons. The number of hydrogen-bond acceptors (Lipinski definition) is 8. The predicted molar refractivity (Wildman–Crippen MR) is 138 cm³/mol. The molecule has 3 atom stereocenters. The second-order valence-corrected chi connectivity index (χ2v) is 11.6. The maximum Gasteiger partial charge on any atom is 0.410 e. The Kier molecular flexibility index (Phi) is 8.24. The third-order valence-corrected chi connectivity index (χ3v) is 7.82. The molecular formula is C26H30F6N8O4. The number of imidazole rings is 1. The summed E-state index contributed by atoms with van der Waals surface area (Å²) < 4.78 is 92.7. The van der Waals surface area contributed by atoms with Crippen molar-refractivity contribution in [1.29, 1.82) is 0 Å². The summed E-state index contributed by atoms with van der Waals surface area (Å²) in [7, 11) is 0. The summed E-state index contributed by atoms with van der Waals surface area (Å²) in [6, 6.07) is -3.39. The van der Waals surface area contributed by atoms with E-state index in [9.17, 15) is 35.9 Å². The Morgan fingerprint density at radius 1 is 1.20 bits per heavy atom. The van der Waals surface area contributed by atoms with Crippen LogP contribution in [0.1, 0.15) is 79.1 Å². The maximum absolute atomic E-state index is 13.6. The highest BCUT2D eigenvalue weighted by atomic mass is 19.4. The summed E-state index contributed by atoms with van der Waals surface area (Å²) in [5.41, 5.74) is -1.33. The quantitative estimate of drug-likeness (QED) is 0.296. The molecule has 44 heavy (non-hydrogen) atoms. The number of aromatic nitrogens is 5. The van der Waals surface area contributed by atoms with Gasteiger partial charge in [-0.1, -0.05) is 19.0 Å². The molecule has 240 valence electrons. The molecule has 1 aliphatic carbocycles. The average molecular weight is 633 g/mol. The van der Waals surface area contributed by atoms with Crippen LogP contribution >= 0.6 is 0 Å². The number of nitrogens with zero attached hydrogens (tertiary/aromatic N) is 6. The van der Waals surface area contributed by atoms with E-state index in [1.807, 2.05) is 5.32 Å². The second kappa shape index (κ2) is 11.5. The van der Waals surface area contributed by atoms with E-state index >= 15 is 0 Å². The van der Waals surface area contributed by atoms with Crippen molar-refractivity contribution >= 4 is 17.6 Å². The minimum absolute atomic E-state index is 0.0508. The molecule has 0 bridgehead atoms. The lowest BCUT2D eigenvalue weighted by Gasteiger charge is -2.29. The second-order valence-electron chi connectivity index (χ2n) is 11.6. The van der Waals surface area contributed by atoms with Gasteiger partial charge in [-0.25, -0.2) is 18.9 Å². The van der Waals surface area contributed by atoms with E-state index in [0.29, 0.717) is 5.56 Å². The van der Waals surface area contributed by atoms with Gasteiger partial charge in [0.1, 0.15) is 11.7 Å². The van der Waals surface area contributed by atoms with Gasteiger partial charge in [0.25, 0.3) is 5.91 Å². The van der Waals surface area contributed by atoms with Gasteiger partial charge in [0.05, 0.1) is 54.8 Å². The molecule has 3 amide bonds. The fourth-order valence-corrected chi connectivity index (χ4v) is 4.70. The van der Waals surface area contributed by atoms with Gasteiger partial charge in [0, 0.05) is 5.56 Å². The largest absolute Gasteiger partial charge is 0.410 e. The standard InChI is InChI=1S/C26H30F6N8O4/c1-13-21(38-44-37-13)22(41)35-16(6-7-24(2,3)26(30,31)32)17-10-40-20(34-17)8-14(9-33-40)18(12-43-15-4-5-15)39-11-19(25(27,28)29)36-23(39)42/h8-10,15-16,18-19H,4-7,11-12H2,1-3H3,(H,35,41)(H,36,42)/t16-,18+,19-/m0/s1. The zero-order valence-corrected chi connectivity index (χ0v) is 23.9. The molecule has 3 aromatic heterocycles. The number of fused-ring (bicyclic) bond motifs is 1. The fourth-order valence-electron chi connectivity index (χ4n) is 4.70. The van der Waals surface area contributed by atoms with Crippen molar-refractivity contribution < 1.29 is 45.3 Å². The minimum atomic E-state index is -4.65. The van der Waals surface area contributed by atoms with Crippen molar-refractivity contribution in [3.63, 3.8) is 0 Å². The summed E-state index contributed by atoms with van der Waals surface area (Å²) in [5.74, 6) is -0.735. The first-order valence-electron chi connectivity index (χ1n) is 13.8. The lowest BCUT2D eigenvalue weighted by atomic mass is 9.85. The lowest BCUT2D eigenvalue weighted by molar-refractivity contribution is -0.214. The summed E-state index contributed by atoms with van der Waals surface area (Å²) in [4.78, 5) is 31.0. The SMILES string of the molecule is Cc1nonc1C(=O)N[C@@H](CCC(C)(C)C(F)(F)F)c1cn2ncc([C@@H](COC3CC3)N3C[C@@H](C(F)(F)F)NC3=O)cc2n1. The van der Waals surface area contributed by atoms with Gasteiger partial charge in [-0.05, 0) is 43.8 Å². The Hall–Kier alpha value is -3.96. The van der Waals surface area contributed by atoms with Gasteiger partial charge >= 0.3 is 18.4 Å². The van der Waals surface area contributed by atoms with Gasteiger partial charge in [-0.3, -0.25) is 4.79 Å². The zero-order chi connectivity index (χ0) is 32.0. The number of alkyl halides is 6. The van der Waals surface area contributed by atoms with Gasteiger partial charge in [0.15, 0.2) is 11.3 Å². The normalized spacial score (nSPS) is 19.3. The molecule has 2 aliphatic rings. The van der Waals surface area contributed by atoms with Crippen molar-refractivity contribution in [2.75, 3.05) is 13.2 Å². The van der Waals surface area contributed by atoms with Crippen LogP contribution in [-0.2, 0) is 4.74 Å². The molecule has 18 heteroatoms. The monoisotopic (exact) mass is 632 g/mol. The molecule has 1 saturated carbocycles. The van der Waals surface area contributed by atoms with E-state index in [2.05, 4.69) is 30.3 Å². The number of hydrogen-bond donors (Lipinski definition) is 2. The van der Waals surface area contributed by atoms with Gasteiger partial charge in [0.2, 0.25) is 0 Å². The summed E-state index contributed by atoms with van der Waals surface area (Å²) in [5, 5.41) is 16.0.